The molecular weight excluding hydrogens is 630 g/mol. The summed E-state index contributed by atoms with van der Waals surface area (Å²) >= 11 is 0. The van der Waals surface area contributed by atoms with Crippen LogP contribution in [0.4, 0.5) is 0 Å². The molecule has 9 heteroatoms. The number of nitrogens with one attached hydrogen (secondary N) is 1. The number of carbonyl (C=O) groups excluding carboxylic acids is 1. The number of carboxylic acids is 1. The van der Waals surface area contributed by atoms with E-state index < -0.39 is 12.3 Å². The van der Waals surface area contributed by atoms with Gasteiger partial charge in [-0.3, -0.25) is 14.6 Å². The van der Waals surface area contributed by atoms with Crippen molar-refractivity contribution >= 4 is 11.9 Å². The van der Waals surface area contributed by atoms with Crippen LogP contribution in [0, 0.1) is 0 Å². The van der Waals surface area contributed by atoms with Gasteiger partial charge >= 0.3 is 5.97 Å². The molecule has 0 spiro atoms. The minimum atomic E-state index is -0.775. The number of hydrogen-bond donors (Lipinski definition) is 3. The zero-order valence-corrected chi connectivity index (χ0v) is 28.9. The van der Waals surface area contributed by atoms with Gasteiger partial charge in [-0.1, -0.05) is 91.7 Å². The van der Waals surface area contributed by atoms with Crippen molar-refractivity contribution in [1.29, 1.82) is 0 Å². The number of pyridine rings is 1. The number of nitrogens with zero attached hydrogens (tertiary/aromatic N) is 2. The number of likely N-dealkylation sites (N-methyl/N-ethyl adjacent to an activating group) is 1. The number of unbranched alkanes of at least 4 members (excludes halogenated alkanes) is 3. The summed E-state index contributed by atoms with van der Waals surface area (Å²) in [6.45, 7) is 2.04. The Morgan fingerprint density at radius 3 is 2.30 bits per heavy atom. The van der Waals surface area contributed by atoms with E-state index in [1.807, 2.05) is 60.8 Å². The van der Waals surface area contributed by atoms with E-state index in [1.54, 1.807) is 0 Å². The fourth-order valence-corrected chi connectivity index (χ4v) is 6.30. The van der Waals surface area contributed by atoms with Crippen LogP contribution < -0.4 is 5.32 Å². The number of aliphatic carboxylic acids is 1. The van der Waals surface area contributed by atoms with Gasteiger partial charge in [0.2, 0.25) is 5.91 Å². The van der Waals surface area contributed by atoms with Crippen LogP contribution in [0.5, 0.6) is 0 Å². The molecule has 1 aromatic heterocycles. The minimum Gasteiger partial charge on any atom is -0.481 e. The summed E-state index contributed by atoms with van der Waals surface area (Å²) < 4.78 is 13.2. The lowest BCUT2D eigenvalue weighted by atomic mass is 9.97. The molecule has 50 heavy (non-hydrogen) atoms. The monoisotopic (exact) mass is 679 g/mol. The normalized spacial score (nSPS) is 17.5. The lowest BCUT2D eigenvalue weighted by Gasteiger charge is -2.38. The SMILES string of the molecule is CN(CCc1ccccn1)CC1CC(c2ccc(CO)cc2)OC(c2ccc(-c3ccccc3CNC(=O)CCCCCCC(=O)O)cc2)O1. The largest absolute Gasteiger partial charge is 0.481 e. The second kappa shape index (κ2) is 19.1. The zero-order valence-electron chi connectivity index (χ0n) is 28.9. The van der Waals surface area contributed by atoms with Crippen molar-refractivity contribution in [2.24, 2.45) is 0 Å². The zero-order chi connectivity index (χ0) is 35.1. The summed E-state index contributed by atoms with van der Waals surface area (Å²) in [7, 11) is 2.11. The molecule has 0 bridgehead atoms. The maximum atomic E-state index is 12.5. The molecule has 1 fully saturated rings. The fraction of sp³-hybridized carbons (Fsp3) is 0.390. The van der Waals surface area contributed by atoms with E-state index in [4.69, 9.17) is 14.6 Å². The molecule has 9 nitrogen and oxygen atoms in total. The van der Waals surface area contributed by atoms with Gasteiger partial charge in [0, 0.05) is 62.8 Å². The van der Waals surface area contributed by atoms with Crippen LogP contribution in [0.3, 0.4) is 0 Å². The number of amides is 1. The van der Waals surface area contributed by atoms with Crippen LogP contribution in [-0.4, -0.2) is 58.2 Å². The highest BCUT2D eigenvalue weighted by Gasteiger charge is 2.32. The summed E-state index contributed by atoms with van der Waals surface area (Å²) in [5, 5.41) is 21.4. The van der Waals surface area contributed by atoms with Crippen LogP contribution >= 0.6 is 0 Å². The van der Waals surface area contributed by atoms with E-state index in [1.165, 1.54) is 0 Å². The third kappa shape index (κ3) is 11.3. The Kier molecular flexibility index (Phi) is 14.1. The maximum absolute atomic E-state index is 12.5. The predicted octanol–water partition coefficient (Wildman–Crippen LogP) is 7.00. The molecule has 2 heterocycles. The minimum absolute atomic E-state index is 0.000654. The molecule has 3 N–H and O–H groups in total. The first-order valence-corrected chi connectivity index (χ1v) is 17.6. The highest BCUT2D eigenvalue weighted by atomic mass is 16.7. The number of hydrogen-bond acceptors (Lipinski definition) is 7. The van der Waals surface area contributed by atoms with Crippen LogP contribution in [0.2, 0.25) is 0 Å². The maximum Gasteiger partial charge on any atom is 0.303 e. The number of carbonyl (C=O) groups is 2. The lowest BCUT2D eigenvalue weighted by Crippen LogP contribution is -2.38. The Balaban J connectivity index is 1.22. The van der Waals surface area contributed by atoms with Crippen molar-refractivity contribution in [1.82, 2.24) is 15.2 Å². The van der Waals surface area contributed by atoms with Gasteiger partial charge in [-0.25, -0.2) is 0 Å². The summed E-state index contributed by atoms with van der Waals surface area (Å²) in [6.07, 6.45) is 6.30. The smallest absolute Gasteiger partial charge is 0.303 e. The highest BCUT2D eigenvalue weighted by Crippen LogP contribution is 2.38. The van der Waals surface area contributed by atoms with Gasteiger partial charge in [0.1, 0.15) is 0 Å². The predicted molar refractivity (Wildman–Crippen MR) is 193 cm³/mol. The number of benzene rings is 3. The third-order valence-corrected chi connectivity index (χ3v) is 9.14. The molecule has 0 saturated carbocycles. The molecular formula is C41H49N3O6. The average molecular weight is 680 g/mol. The van der Waals surface area contributed by atoms with E-state index in [2.05, 4.69) is 58.6 Å². The van der Waals surface area contributed by atoms with Crippen LogP contribution in [0.1, 0.15) is 85.3 Å². The molecule has 4 aromatic rings. The van der Waals surface area contributed by atoms with E-state index in [9.17, 15) is 14.7 Å². The van der Waals surface area contributed by atoms with Gasteiger partial charge in [0.15, 0.2) is 6.29 Å². The molecule has 1 amide bonds. The third-order valence-electron chi connectivity index (χ3n) is 9.14. The molecule has 1 aliphatic heterocycles. The highest BCUT2D eigenvalue weighted by molar-refractivity contribution is 5.76. The summed E-state index contributed by atoms with van der Waals surface area (Å²) in [4.78, 5) is 29.9. The van der Waals surface area contributed by atoms with Crippen molar-refractivity contribution in [3.63, 3.8) is 0 Å². The lowest BCUT2D eigenvalue weighted by molar-refractivity contribution is -0.252. The Bertz CT molecular complexity index is 1630. The van der Waals surface area contributed by atoms with Crippen molar-refractivity contribution in [2.45, 2.75) is 83.0 Å². The number of aliphatic hydroxyl groups is 1. The van der Waals surface area contributed by atoms with Crippen LogP contribution in [-0.2, 0) is 38.6 Å². The first-order chi connectivity index (χ1) is 24.4. The topological polar surface area (TPSA) is 121 Å². The van der Waals surface area contributed by atoms with E-state index >= 15 is 0 Å². The number of aromatic nitrogens is 1. The fourth-order valence-electron chi connectivity index (χ4n) is 6.30. The van der Waals surface area contributed by atoms with Crippen molar-refractivity contribution in [2.75, 3.05) is 20.1 Å². The van der Waals surface area contributed by atoms with E-state index in [0.29, 0.717) is 25.8 Å². The van der Waals surface area contributed by atoms with Gasteiger partial charge in [-0.05, 0) is 59.8 Å². The Morgan fingerprint density at radius 1 is 0.860 bits per heavy atom. The molecule has 3 atom stereocenters. The van der Waals surface area contributed by atoms with Crippen LogP contribution in [0.15, 0.2) is 97.2 Å². The second-order valence-electron chi connectivity index (χ2n) is 13.0. The molecule has 5 rings (SSSR count). The van der Waals surface area contributed by atoms with E-state index in [-0.39, 0.29) is 31.1 Å². The number of ether oxygens (including phenoxy) is 2. The van der Waals surface area contributed by atoms with Gasteiger partial charge in [-0.15, -0.1) is 0 Å². The van der Waals surface area contributed by atoms with E-state index in [0.717, 1.165) is 77.8 Å². The Hall–Kier alpha value is -4.41. The first-order valence-electron chi connectivity index (χ1n) is 17.6. The molecule has 1 saturated heterocycles. The van der Waals surface area contributed by atoms with Crippen molar-refractivity contribution in [3.05, 3.63) is 125 Å². The quantitative estimate of drug-likeness (QED) is 0.0962. The van der Waals surface area contributed by atoms with Gasteiger partial charge < -0.3 is 29.9 Å². The van der Waals surface area contributed by atoms with Crippen LogP contribution in [0.25, 0.3) is 11.1 Å². The summed E-state index contributed by atoms with van der Waals surface area (Å²) in [5.74, 6) is -0.778. The van der Waals surface area contributed by atoms with Gasteiger partial charge in [0.05, 0.1) is 18.8 Å². The summed E-state index contributed by atoms with van der Waals surface area (Å²) in [6, 6.07) is 30.3. The number of carboxylic acid groups (broad SMARTS) is 1. The molecule has 264 valence electrons. The molecule has 3 unspecified atom stereocenters. The molecule has 1 aliphatic rings. The standard InChI is InChI=1S/C41H49N3O6/c1-44(25-23-35-11-8-9-24-42-35)28-36-26-38(32-17-15-30(29-45)16-18-32)50-41(49-36)33-21-19-31(20-22-33)37-12-7-6-10-34(37)27-43-39(46)13-4-2-3-5-14-40(47)48/h6-12,15-22,24,36,38,41,45H,2-5,13-14,23,25-29H2,1H3,(H,43,46)(H,47,48). The van der Waals surface area contributed by atoms with Crippen molar-refractivity contribution < 1.29 is 29.3 Å². The molecule has 3 aromatic carbocycles. The molecule has 0 aliphatic carbocycles. The van der Waals surface area contributed by atoms with Crippen molar-refractivity contribution in [3.8, 4) is 11.1 Å². The Labute approximate surface area is 295 Å². The number of aliphatic hydroxyl groups excluding tert-OH is 1. The summed E-state index contributed by atoms with van der Waals surface area (Å²) in [5.41, 5.74) is 7.03. The number of rotatable bonds is 18. The van der Waals surface area contributed by atoms with Gasteiger partial charge in [-0.2, -0.15) is 0 Å². The average Bonchev–Trinajstić information content (AvgIpc) is 3.15. The molecule has 0 radical (unpaired) electrons. The Morgan fingerprint density at radius 2 is 1.58 bits per heavy atom. The van der Waals surface area contributed by atoms with Gasteiger partial charge in [0.25, 0.3) is 0 Å². The second-order valence-corrected chi connectivity index (χ2v) is 13.0. The first kappa shape index (κ1) is 36.9.